The van der Waals surface area contributed by atoms with E-state index in [9.17, 15) is 9.18 Å². The van der Waals surface area contributed by atoms with Gasteiger partial charge in [-0.3, -0.25) is 4.79 Å². The van der Waals surface area contributed by atoms with Gasteiger partial charge in [-0.15, -0.1) is 0 Å². The van der Waals surface area contributed by atoms with Crippen LogP contribution in [0.15, 0.2) is 22.7 Å². The Morgan fingerprint density at radius 2 is 2.26 bits per heavy atom. The molecule has 104 valence electrons. The van der Waals surface area contributed by atoms with Crippen LogP contribution in [-0.2, 0) is 0 Å². The molecule has 1 heterocycles. The number of piperidine rings is 1. The maximum absolute atomic E-state index is 13.4. The average molecular weight is 329 g/mol. The van der Waals surface area contributed by atoms with Gasteiger partial charge in [0.05, 0.1) is 10.0 Å². The lowest BCUT2D eigenvalue weighted by Crippen LogP contribution is -2.47. The van der Waals surface area contributed by atoms with Gasteiger partial charge in [0.2, 0.25) is 0 Å². The summed E-state index contributed by atoms with van der Waals surface area (Å²) in [6.07, 6.45) is 1.86. The quantitative estimate of drug-likeness (QED) is 0.905. The number of hydrogen-bond donors (Lipinski definition) is 1. The zero-order valence-corrected chi connectivity index (χ0v) is 12.7. The monoisotopic (exact) mass is 328 g/mol. The number of carbonyl (C=O) groups excluding carboxylic acids is 1. The second kappa shape index (κ2) is 6.01. The van der Waals surface area contributed by atoms with Gasteiger partial charge >= 0.3 is 0 Å². The minimum atomic E-state index is -0.413. The number of rotatable bonds is 2. The highest BCUT2D eigenvalue weighted by Gasteiger charge is 2.25. The van der Waals surface area contributed by atoms with Gasteiger partial charge in [-0.05, 0) is 54.9 Å². The van der Waals surface area contributed by atoms with Gasteiger partial charge in [-0.2, -0.15) is 0 Å². The number of likely N-dealkylation sites (tertiary alicyclic amines) is 1. The van der Waals surface area contributed by atoms with Gasteiger partial charge in [0.25, 0.3) is 5.91 Å². The summed E-state index contributed by atoms with van der Waals surface area (Å²) in [5.74, 6) is -0.627. The van der Waals surface area contributed by atoms with Crippen LogP contribution in [0.5, 0.6) is 0 Å². The molecule has 1 amide bonds. The van der Waals surface area contributed by atoms with Crippen molar-refractivity contribution in [1.82, 2.24) is 10.2 Å². The van der Waals surface area contributed by atoms with Crippen molar-refractivity contribution >= 4 is 21.8 Å². The third-order valence-electron chi connectivity index (χ3n) is 3.74. The summed E-state index contributed by atoms with van der Waals surface area (Å²) in [5.41, 5.74) is 0.353. The lowest BCUT2D eigenvalue weighted by atomic mass is 9.98. The Morgan fingerprint density at radius 3 is 2.95 bits per heavy atom. The normalized spacial score (nSPS) is 24.2. The van der Waals surface area contributed by atoms with E-state index >= 15 is 0 Å². The predicted molar refractivity (Wildman–Crippen MR) is 76.7 cm³/mol. The lowest BCUT2D eigenvalue weighted by Gasteiger charge is -2.35. The summed E-state index contributed by atoms with van der Waals surface area (Å²) in [4.78, 5) is 14.4. The van der Waals surface area contributed by atoms with Crippen LogP contribution in [0.1, 0.15) is 30.1 Å². The van der Waals surface area contributed by atoms with Gasteiger partial charge in [-0.1, -0.05) is 6.07 Å². The Hall–Kier alpha value is -0.940. The molecule has 5 heteroatoms. The van der Waals surface area contributed by atoms with E-state index in [4.69, 9.17) is 0 Å². The molecule has 1 aliphatic heterocycles. The van der Waals surface area contributed by atoms with Gasteiger partial charge in [0.1, 0.15) is 5.82 Å². The molecule has 0 bridgehead atoms. The van der Waals surface area contributed by atoms with Crippen LogP contribution in [0.25, 0.3) is 0 Å². The number of halogens is 2. The van der Waals surface area contributed by atoms with Crippen molar-refractivity contribution < 1.29 is 9.18 Å². The Kier molecular flexibility index (Phi) is 4.58. The van der Waals surface area contributed by atoms with Gasteiger partial charge in [-0.25, -0.2) is 4.39 Å². The zero-order chi connectivity index (χ0) is 14.0. The van der Waals surface area contributed by atoms with Crippen LogP contribution in [0.3, 0.4) is 0 Å². The second-order valence-corrected chi connectivity index (χ2v) is 5.92. The maximum atomic E-state index is 13.4. The van der Waals surface area contributed by atoms with Gasteiger partial charge in [0.15, 0.2) is 0 Å². The first-order chi connectivity index (χ1) is 8.99. The minimum absolute atomic E-state index is 0.161. The largest absolute Gasteiger partial charge is 0.349 e. The number of nitrogens with one attached hydrogen (secondary N) is 1. The van der Waals surface area contributed by atoms with Crippen molar-refractivity contribution in [2.45, 2.75) is 31.8 Å². The van der Waals surface area contributed by atoms with E-state index < -0.39 is 5.82 Å². The van der Waals surface area contributed by atoms with Crippen LogP contribution in [0.2, 0.25) is 0 Å². The SMILES string of the molecule is CC1CC(NC(=O)c2cccc(F)c2Br)CCN1C. The molecule has 1 saturated heterocycles. The molecule has 1 N–H and O–H groups in total. The van der Waals surface area contributed by atoms with Crippen molar-refractivity contribution in [1.29, 1.82) is 0 Å². The fraction of sp³-hybridized carbons (Fsp3) is 0.500. The van der Waals surface area contributed by atoms with Crippen LogP contribution in [0, 0.1) is 5.82 Å². The van der Waals surface area contributed by atoms with E-state index in [0.717, 1.165) is 19.4 Å². The molecule has 1 aliphatic rings. The van der Waals surface area contributed by atoms with Crippen LogP contribution in [0.4, 0.5) is 4.39 Å². The summed E-state index contributed by atoms with van der Waals surface area (Å²) in [5, 5.41) is 2.99. The van der Waals surface area contributed by atoms with Crippen molar-refractivity contribution in [3.63, 3.8) is 0 Å². The number of amides is 1. The number of benzene rings is 1. The van der Waals surface area contributed by atoms with Crippen LogP contribution < -0.4 is 5.32 Å². The van der Waals surface area contributed by atoms with Crippen molar-refractivity contribution in [2.75, 3.05) is 13.6 Å². The topological polar surface area (TPSA) is 32.3 Å². The number of carbonyl (C=O) groups is 1. The molecule has 1 aromatic rings. The zero-order valence-electron chi connectivity index (χ0n) is 11.1. The molecular weight excluding hydrogens is 311 g/mol. The molecular formula is C14H18BrFN2O. The van der Waals surface area contributed by atoms with E-state index in [-0.39, 0.29) is 16.4 Å². The molecule has 2 atom stereocenters. The van der Waals surface area contributed by atoms with Gasteiger partial charge in [0, 0.05) is 18.6 Å². The highest BCUT2D eigenvalue weighted by atomic mass is 79.9. The van der Waals surface area contributed by atoms with Crippen molar-refractivity contribution in [3.05, 3.63) is 34.1 Å². The molecule has 19 heavy (non-hydrogen) atoms. The lowest BCUT2D eigenvalue weighted by molar-refractivity contribution is 0.0895. The first-order valence-corrected chi connectivity index (χ1v) is 7.23. The molecule has 0 spiro atoms. The minimum Gasteiger partial charge on any atom is -0.349 e. The number of nitrogens with zero attached hydrogens (tertiary/aromatic N) is 1. The van der Waals surface area contributed by atoms with E-state index in [1.54, 1.807) is 12.1 Å². The number of hydrogen-bond acceptors (Lipinski definition) is 2. The first-order valence-electron chi connectivity index (χ1n) is 6.44. The molecule has 2 rings (SSSR count). The molecule has 2 unspecified atom stereocenters. The Labute approximate surface area is 121 Å². The second-order valence-electron chi connectivity index (χ2n) is 5.13. The average Bonchev–Trinajstić information content (AvgIpc) is 2.37. The van der Waals surface area contributed by atoms with E-state index in [1.807, 2.05) is 0 Å². The fourth-order valence-corrected chi connectivity index (χ4v) is 2.81. The smallest absolute Gasteiger partial charge is 0.252 e. The van der Waals surface area contributed by atoms with E-state index in [2.05, 4.69) is 40.1 Å². The third kappa shape index (κ3) is 3.34. The van der Waals surface area contributed by atoms with Crippen LogP contribution in [-0.4, -0.2) is 36.5 Å². The summed E-state index contributed by atoms with van der Waals surface area (Å²) >= 11 is 3.12. The van der Waals surface area contributed by atoms with E-state index in [0.29, 0.717) is 11.6 Å². The van der Waals surface area contributed by atoms with Crippen molar-refractivity contribution in [2.24, 2.45) is 0 Å². The molecule has 0 aromatic heterocycles. The molecule has 0 aliphatic carbocycles. The van der Waals surface area contributed by atoms with Crippen molar-refractivity contribution in [3.8, 4) is 0 Å². The Morgan fingerprint density at radius 1 is 1.53 bits per heavy atom. The molecule has 3 nitrogen and oxygen atoms in total. The third-order valence-corrected chi connectivity index (χ3v) is 4.55. The highest BCUT2D eigenvalue weighted by Crippen LogP contribution is 2.21. The van der Waals surface area contributed by atoms with E-state index in [1.165, 1.54) is 6.07 Å². The van der Waals surface area contributed by atoms with Crippen LogP contribution >= 0.6 is 15.9 Å². The van der Waals surface area contributed by atoms with Gasteiger partial charge < -0.3 is 10.2 Å². The Bertz CT molecular complexity index is 481. The highest BCUT2D eigenvalue weighted by molar-refractivity contribution is 9.10. The standard InChI is InChI=1S/C14H18BrFN2O/c1-9-8-10(6-7-18(9)2)17-14(19)11-4-3-5-12(16)13(11)15/h3-5,9-10H,6-8H2,1-2H3,(H,17,19). The molecule has 1 aromatic carbocycles. The fourth-order valence-electron chi connectivity index (χ4n) is 2.36. The molecule has 0 radical (unpaired) electrons. The predicted octanol–water partition coefficient (Wildman–Crippen LogP) is 2.80. The summed E-state index contributed by atoms with van der Waals surface area (Å²) < 4.78 is 13.6. The molecule has 0 saturated carbocycles. The first kappa shape index (κ1) is 14.5. The summed E-state index contributed by atoms with van der Waals surface area (Å²) in [6, 6.07) is 5.12. The maximum Gasteiger partial charge on any atom is 0.252 e. The Balaban J connectivity index is 2.03. The summed E-state index contributed by atoms with van der Waals surface area (Å²) in [7, 11) is 2.09. The molecule has 1 fully saturated rings. The summed E-state index contributed by atoms with van der Waals surface area (Å²) in [6.45, 7) is 3.12.